The van der Waals surface area contributed by atoms with Gasteiger partial charge < -0.3 is 14.8 Å². The van der Waals surface area contributed by atoms with Crippen molar-refractivity contribution in [2.24, 2.45) is 5.92 Å². The number of methoxy groups -OCH3 is 1. The summed E-state index contributed by atoms with van der Waals surface area (Å²) >= 11 is 0. The lowest BCUT2D eigenvalue weighted by Crippen LogP contribution is -2.62. The molecule has 6 nitrogen and oxygen atoms in total. The zero-order valence-corrected chi connectivity index (χ0v) is 15.1. The smallest absolute Gasteiger partial charge is 0.243 e. The number of hydrogen-bond acceptors (Lipinski definition) is 5. The van der Waals surface area contributed by atoms with Gasteiger partial charge in [-0.1, -0.05) is 0 Å². The summed E-state index contributed by atoms with van der Waals surface area (Å²) in [7, 11) is -1.84. The molecule has 134 valence electrons. The van der Waals surface area contributed by atoms with E-state index in [2.05, 4.69) is 12.2 Å². The van der Waals surface area contributed by atoms with Gasteiger partial charge in [0.2, 0.25) is 10.0 Å². The monoisotopic (exact) mass is 354 g/mol. The summed E-state index contributed by atoms with van der Waals surface area (Å²) in [6.07, 6.45) is 2.16. The Morgan fingerprint density at radius 1 is 1.21 bits per heavy atom. The van der Waals surface area contributed by atoms with Crippen LogP contribution in [-0.4, -0.2) is 58.2 Å². The normalized spacial score (nSPS) is 22.1. The summed E-state index contributed by atoms with van der Waals surface area (Å²) < 4.78 is 37.2. The number of rotatable bonds is 6. The number of sulfonamides is 1. The molecule has 0 saturated carbocycles. The topological polar surface area (TPSA) is 67.9 Å². The summed E-state index contributed by atoms with van der Waals surface area (Å²) in [4.78, 5) is 0.319. The van der Waals surface area contributed by atoms with E-state index in [1.165, 1.54) is 4.31 Å². The molecule has 1 N–H and O–H groups in total. The van der Waals surface area contributed by atoms with E-state index in [-0.39, 0.29) is 6.04 Å². The molecule has 2 aliphatic heterocycles. The molecular formula is C17H26N2O4S. The van der Waals surface area contributed by atoms with Gasteiger partial charge in [-0.05, 0) is 49.9 Å². The third-order valence-electron chi connectivity index (χ3n) is 5.02. The Labute approximate surface area is 144 Å². The zero-order valence-electron chi connectivity index (χ0n) is 14.3. The van der Waals surface area contributed by atoms with E-state index < -0.39 is 10.0 Å². The minimum absolute atomic E-state index is 0.232. The molecule has 1 atom stereocenters. The number of benzene rings is 1. The van der Waals surface area contributed by atoms with E-state index in [0.29, 0.717) is 35.7 Å². The summed E-state index contributed by atoms with van der Waals surface area (Å²) in [6.45, 7) is 4.92. The van der Waals surface area contributed by atoms with Crippen LogP contribution in [0.1, 0.15) is 19.8 Å². The van der Waals surface area contributed by atoms with Crippen LogP contribution in [0.3, 0.4) is 0 Å². The fraction of sp³-hybridized carbons (Fsp3) is 0.647. The Kier molecular flexibility index (Phi) is 5.44. The van der Waals surface area contributed by atoms with Crippen LogP contribution >= 0.6 is 0 Å². The second-order valence-corrected chi connectivity index (χ2v) is 8.54. The van der Waals surface area contributed by atoms with E-state index in [1.807, 2.05) is 0 Å². The maximum absolute atomic E-state index is 12.6. The Hall–Kier alpha value is -1.15. The van der Waals surface area contributed by atoms with Crippen LogP contribution in [0.15, 0.2) is 29.2 Å². The lowest BCUT2D eigenvalue weighted by atomic mass is 9.92. The van der Waals surface area contributed by atoms with Crippen molar-refractivity contribution in [3.63, 3.8) is 0 Å². The molecule has 1 unspecified atom stereocenters. The van der Waals surface area contributed by atoms with Crippen molar-refractivity contribution in [3.05, 3.63) is 24.3 Å². The summed E-state index contributed by atoms with van der Waals surface area (Å²) in [5.41, 5.74) is 0. The number of nitrogens with zero attached hydrogens (tertiary/aromatic N) is 1. The molecule has 1 aromatic rings. The molecule has 0 radical (unpaired) electrons. The standard InChI is InChI=1S/C17H26N2O4S/c1-13(14-7-9-23-10-8-14)18-15-11-19(12-15)24(20,21)17-5-3-16(22-2)4-6-17/h3-6,13-15,18H,7-12H2,1-2H3. The number of nitrogens with one attached hydrogen (secondary N) is 1. The molecule has 0 amide bonds. The Morgan fingerprint density at radius 2 is 1.83 bits per heavy atom. The van der Waals surface area contributed by atoms with Gasteiger partial charge in [-0.15, -0.1) is 0 Å². The van der Waals surface area contributed by atoms with Gasteiger partial charge in [0.1, 0.15) is 5.75 Å². The second kappa shape index (κ2) is 7.39. The first-order valence-corrected chi connectivity index (χ1v) is 9.92. The van der Waals surface area contributed by atoms with Gasteiger partial charge in [0.05, 0.1) is 12.0 Å². The number of hydrogen-bond donors (Lipinski definition) is 1. The van der Waals surface area contributed by atoms with Crippen molar-refractivity contribution < 1.29 is 17.9 Å². The average Bonchev–Trinajstić information content (AvgIpc) is 2.58. The van der Waals surface area contributed by atoms with Crippen molar-refractivity contribution in [2.75, 3.05) is 33.4 Å². The van der Waals surface area contributed by atoms with Crippen molar-refractivity contribution in [3.8, 4) is 5.75 Å². The van der Waals surface area contributed by atoms with Crippen molar-refractivity contribution >= 4 is 10.0 Å². The largest absolute Gasteiger partial charge is 0.497 e. The van der Waals surface area contributed by atoms with E-state index in [0.717, 1.165) is 26.1 Å². The van der Waals surface area contributed by atoms with E-state index in [4.69, 9.17) is 9.47 Å². The lowest BCUT2D eigenvalue weighted by Gasteiger charge is -2.41. The molecule has 0 aliphatic carbocycles. The molecule has 2 fully saturated rings. The maximum Gasteiger partial charge on any atom is 0.243 e. The fourth-order valence-electron chi connectivity index (χ4n) is 3.36. The molecule has 2 aliphatic rings. The molecule has 2 heterocycles. The SMILES string of the molecule is COc1ccc(S(=O)(=O)N2CC(NC(C)C3CCOCC3)C2)cc1. The molecule has 24 heavy (non-hydrogen) atoms. The van der Waals surface area contributed by atoms with Crippen LogP contribution in [0, 0.1) is 5.92 Å². The third kappa shape index (κ3) is 3.74. The van der Waals surface area contributed by atoms with E-state index in [1.54, 1.807) is 31.4 Å². The van der Waals surface area contributed by atoms with Crippen LogP contribution in [0.4, 0.5) is 0 Å². The lowest BCUT2D eigenvalue weighted by molar-refractivity contribution is 0.0511. The second-order valence-electron chi connectivity index (χ2n) is 6.60. The minimum Gasteiger partial charge on any atom is -0.497 e. The van der Waals surface area contributed by atoms with Gasteiger partial charge >= 0.3 is 0 Å². The maximum atomic E-state index is 12.6. The van der Waals surface area contributed by atoms with Gasteiger partial charge in [0.15, 0.2) is 0 Å². The first kappa shape index (κ1) is 17.7. The Morgan fingerprint density at radius 3 is 2.42 bits per heavy atom. The van der Waals surface area contributed by atoms with Crippen LogP contribution in [0.25, 0.3) is 0 Å². The summed E-state index contributed by atoms with van der Waals surface area (Å²) in [6, 6.07) is 7.17. The predicted octanol–water partition coefficient (Wildman–Crippen LogP) is 1.47. The van der Waals surface area contributed by atoms with Crippen molar-refractivity contribution in [1.82, 2.24) is 9.62 Å². The molecule has 7 heteroatoms. The molecule has 3 rings (SSSR count). The first-order chi connectivity index (χ1) is 11.5. The zero-order chi connectivity index (χ0) is 17.2. The van der Waals surface area contributed by atoms with Crippen molar-refractivity contribution in [2.45, 2.75) is 36.7 Å². The Balaban J connectivity index is 1.53. The van der Waals surface area contributed by atoms with E-state index in [9.17, 15) is 8.42 Å². The van der Waals surface area contributed by atoms with Gasteiger partial charge in [0.25, 0.3) is 0 Å². The number of ether oxygens (including phenoxy) is 2. The molecule has 2 saturated heterocycles. The van der Waals surface area contributed by atoms with Crippen LogP contribution in [0.2, 0.25) is 0 Å². The molecular weight excluding hydrogens is 328 g/mol. The highest BCUT2D eigenvalue weighted by atomic mass is 32.2. The minimum atomic E-state index is -3.40. The van der Waals surface area contributed by atoms with Crippen molar-refractivity contribution in [1.29, 1.82) is 0 Å². The highest BCUT2D eigenvalue weighted by Gasteiger charge is 2.37. The molecule has 0 aromatic heterocycles. The average molecular weight is 354 g/mol. The van der Waals surface area contributed by atoms with Gasteiger partial charge in [-0.2, -0.15) is 4.31 Å². The Bertz CT molecular complexity index is 635. The molecule has 0 bridgehead atoms. The van der Waals surface area contributed by atoms with Crippen LogP contribution < -0.4 is 10.1 Å². The van der Waals surface area contributed by atoms with E-state index >= 15 is 0 Å². The predicted molar refractivity (Wildman–Crippen MR) is 91.7 cm³/mol. The van der Waals surface area contributed by atoms with Crippen LogP contribution in [-0.2, 0) is 14.8 Å². The van der Waals surface area contributed by atoms with Gasteiger partial charge in [-0.3, -0.25) is 0 Å². The highest BCUT2D eigenvalue weighted by molar-refractivity contribution is 7.89. The van der Waals surface area contributed by atoms with Gasteiger partial charge in [-0.25, -0.2) is 8.42 Å². The molecule has 1 aromatic carbocycles. The fourth-order valence-corrected chi connectivity index (χ4v) is 4.89. The van der Waals surface area contributed by atoms with Gasteiger partial charge in [0, 0.05) is 38.4 Å². The first-order valence-electron chi connectivity index (χ1n) is 8.48. The summed E-state index contributed by atoms with van der Waals surface area (Å²) in [5.74, 6) is 1.27. The summed E-state index contributed by atoms with van der Waals surface area (Å²) in [5, 5.41) is 3.58. The molecule has 0 spiro atoms. The highest BCUT2D eigenvalue weighted by Crippen LogP contribution is 2.25. The third-order valence-corrected chi connectivity index (χ3v) is 6.86. The quantitative estimate of drug-likeness (QED) is 0.838. The van der Waals surface area contributed by atoms with Crippen LogP contribution in [0.5, 0.6) is 5.75 Å².